The minimum absolute atomic E-state index is 0.373. The molecule has 1 aromatic carbocycles. The van der Waals surface area contributed by atoms with E-state index in [-0.39, 0.29) is 0 Å². The van der Waals surface area contributed by atoms with Gasteiger partial charge in [-0.3, -0.25) is 0 Å². The maximum absolute atomic E-state index is 5.86. The van der Waals surface area contributed by atoms with Gasteiger partial charge in [-0.15, -0.1) is 0 Å². The third-order valence-electron chi connectivity index (χ3n) is 6.77. The van der Waals surface area contributed by atoms with Gasteiger partial charge < -0.3 is 14.6 Å². The maximum atomic E-state index is 5.86. The number of aryl methyl sites for hydroxylation is 1. The van der Waals surface area contributed by atoms with Gasteiger partial charge in [0.15, 0.2) is 0 Å². The zero-order valence-electron chi connectivity index (χ0n) is 14.7. The number of nitrogens with zero attached hydrogens (tertiary/aromatic N) is 1. The van der Waals surface area contributed by atoms with Crippen LogP contribution in [-0.2, 0) is 6.42 Å². The summed E-state index contributed by atoms with van der Waals surface area (Å²) < 4.78 is 5.86. The van der Waals surface area contributed by atoms with Gasteiger partial charge in [0, 0.05) is 35.2 Å². The van der Waals surface area contributed by atoms with E-state index < -0.39 is 0 Å². The predicted molar refractivity (Wildman–Crippen MR) is 98.7 cm³/mol. The van der Waals surface area contributed by atoms with Crippen LogP contribution in [-0.4, -0.2) is 24.2 Å². The average molecular weight is 324 g/mol. The molecule has 3 nitrogen and oxygen atoms in total. The third-order valence-corrected chi connectivity index (χ3v) is 6.77. The highest BCUT2D eigenvalue weighted by atomic mass is 16.3. The Bertz CT molecular complexity index is 745. The lowest BCUT2D eigenvalue weighted by atomic mass is 9.71. The van der Waals surface area contributed by atoms with Crippen molar-refractivity contribution >= 4 is 16.7 Å². The molecule has 24 heavy (non-hydrogen) atoms. The van der Waals surface area contributed by atoms with E-state index in [1.807, 2.05) is 6.26 Å². The summed E-state index contributed by atoms with van der Waals surface area (Å²) in [5.74, 6) is 0. The van der Waals surface area contributed by atoms with E-state index in [0.717, 1.165) is 12.0 Å². The molecule has 0 radical (unpaired) electrons. The molecule has 5 rings (SSSR count). The molecule has 3 fully saturated rings. The van der Waals surface area contributed by atoms with Crippen molar-refractivity contribution in [3.63, 3.8) is 0 Å². The maximum Gasteiger partial charge on any atom is 0.139 e. The van der Waals surface area contributed by atoms with Crippen molar-refractivity contribution < 1.29 is 4.42 Å². The van der Waals surface area contributed by atoms with Crippen molar-refractivity contribution in [3.8, 4) is 0 Å². The summed E-state index contributed by atoms with van der Waals surface area (Å²) in [4.78, 5) is 2.75. The first-order chi connectivity index (χ1) is 11.8. The van der Waals surface area contributed by atoms with Gasteiger partial charge >= 0.3 is 0 Å². The van der Waals surface area contributed by atoms with E-state index in [0.29, 0.717) is 17.6 Å². The lowest BCUT2D eigenvalue weighted by Gasteiger charge is -2.58. The molecule has 1 aliphatic heterocycles. The van der Waals surface area contributed by atoms with Gasteiger partial charge in [0.2, 0.25) is 0 Å². The first kappa shape index (κ1) is 14.8. The Morgan fingerprint density at radius 2 is 2.04 bits per heavy atom. The largest absolute Gasteiger partial charge is 0.464 e. The number of benzene rings is 1. The van der Waals surface area contributed by atoms with Gasteiger partial charge in [-0.2, -0.15) is 0 Å². The van der Waals surface area contributed by atoms with Crippen LogP contribution in [0.1, 0.15) is 57.4 Å². The van der Waals surface area contributed by atoms with Crippen LogP contribution in [0.5, 0.6) is 0 Å². The minimum atomic E-state index is 0.373. The number of hydrogen-bond acceptors (Lipinski definition) is 3. The van der Waals surface area contributed by atoms with E-state index in [1.165, 1.54) is 68.1 Å². The molecule has 2 atom stereocenters. The van der Waals surface area contributed by atoms with Crippen LogP contribution in [0.4, 0.5) is 5.69 Å². The molecule has 1 aromatic heterocycles. The summed E-state index contributed by atoms with van der Waals surface area (Å²) in [7, 11) is 0. The topological polar surface area (TPSA) is 28.4 Å². The molecule has 128 valence electrons. The number of anilines is 1. The van der Waals surface area contributed by atoms with Crippen molar-refractivity contribution in [2.75, 3.05) is 11.4 Å². The van der Waals surface area contributed by atoms with Crippen LogP contribution >= 0.6 is 0 Å². The highest BCUT2D eigenvalue weighted by molar-refractivity contribution is 5.93. The highest BCUT2D eigenvalue weighted by Crippen LogP contribution is 2.43. The van der Waals surface area contributed by atoms with Crippen molar-refractivity contribution in [1.29, 1.82) is 0 Å². The van der Waals surface area contributed by atoms with E-state index in [9.17, 15) is 0 Å². The third kappa shape index (κ3) is 2.13. The van der Waals surface area contributed by atoms with Crippen molar-refractivity contribution in [1.82, 2.24) is 5.32 Å². The molecular formula is C21H28N2O. The molecule has 0 amide bonds. The summed E-state index contributed by atoms with van der Waals surface area (Å²) in [5, 5.41) is 5.38. The van der Waals surface area contributed by atoms with Crippen LogP contribution in [0.25, 0.3) is 11.0 Å². The normalized spacial score (nSPS) is 28.8. The van der Waals surface area contributed by atoms with Crippen LogP contribution in [0.15, 0.2) is 28.9 Å². The molecule has 0 unspecified atom stereocenters. The molecule has 1 N–H and O–H groups in total. The Hall–Kier alpha value is -1.48. The van der Waals surface area contributed by atoms with Gasteiger partial charge in [-0.05, 0) is 56.2 Å². The van der Waals surface area contributed by atoms with Crippen LogP contribution in [0.2, 0.25) is 0 Å². The molecule has 3 aliphatic rings. The van der Waals surface area contributed by atoms with Gasteiger partial charge in [-0.25, -0.2) is 0 Å². The fourth-order valence-electron chi connectivity index (χ4n) is 5.34. The number of rotatable bonds is 2. The summed E-state index contributed by atoms with van der Waals surface area (Å²) >= 11 is 0. The molecule has 2 aliphatic carbocycles. The number of furan rings is 1. The zero-order chi connectivity index (χ0) is 16.1. The summed E-state index contributed by atoms with van der Waals surface area (Å²) in [5.41, 5.74) is 4.20. The molecule has 0 bridgehead atoms. The standard InChI is InChI=1S/C21H28N2O/c1-2-15-8-9-18(16-10-13-24-20(15)16)23-14-21(11-5-12-21)22-17-6-3-4-7-19(17)23/h8-10,13,17,19,22H,2-7,11-12,14H2,1H3/t17-,19+/m0/s1. The first-order valence-corrected chi connectivity index (χ1v) is 9.83. The second-order valence-electron chi connectivity index (χ2n) is 8.13. The van der Waals surface area contributed by atoms with Crippen LogP contribution in [0.3, 0.4) is 0 Å². The Balaban J connectivity index is 1.59. The van der Waals surface area contributed by atoms with Crippen molar-refractivity contribution in [3.05, 3.63) is 30.0 Å². The molecule has 2 aromatic rings. The van der Waals surface area contributed by atoms with Gasteiger partial charge in [0.1, 0.15) is 5.58 Å². The van der Waals surface area contributed by atoms with Crippen LogP contribution < -0.4 is 10.2 Å². The number of hydrogen-bond donors (Lipinski definition) is 1. The minimum Gasteiger partial charge on any atom is -0.464 e. The van der Waals surface area contributed by atoms with E-state index in [4.69, 9.17) is 4.42 Å². The Labute approximate surface area is 144 Å². The summed E-state index contributed by atoms with van der Waals surface area (Å²) in [6, 6.07) is 8.14. The molecule has 1 spiro atoms. The van der Waals surface area contributed by atoms with E-state index >= 15 is 0 Å². The summed E-state index contributed by atoms with van der Waals surface area (Å²) in [6.07, 6.45) is 12.4. The smallest absolute Gasteiger partial charge is 0.139 e. The zero-order valence-corrected chi connectivity index (χ0v) is 14.7. The average Bonchev–Trinajstić information content (AvgIpc) is 3.08. The molecule has 3 heteroatoms. The van der Waals surface area contributed by atoms with Gasteiger partial charge in [0.05, 0.1) is 6.26 Å². The highest BCUT2D eigenvalue weighted by Gasteiger charge is 2.48. The lowest BCUT2D eigenvalue weighted by Crippen LogP contribution is -2.72. The molecule has 2 saturated carbocycles. The van der Waals surface area contributed by atoms with E-state index in [1.54, 1.807) is 0 Å². The number of nitrogens with one attached hydrogen (secondary N) is 1. The van der Waals surface area contributed by atoms with Crippen molar-refractivity contribution in [2.24, 2.45) is 0 Å². The van der Waals surface area contributed by atoms with E-state index in [2.05, 4.69) is 35.3 Å². The molecular weight excluding hydrogens is 296 g/mol. The Morgan fingerprint density at radius 3 is 2.83 bits per heavy atom. The van der Waals surface area contributed by atoms with Gasteiger partial charge in [-0.1, -0.05) is 25.8 Å². The lowest BCUT2D eigenvalue weighted by molar-refractivity contribution is 0.105. The molecule has 1 saturated heterocycles. The SMILES string of the molecule is CCc1ccc(N2CC3(CCC3)N[C@H]3CCCC[C@H]32)c2ccoc12. The second kappa shape index (κ2) is 5.52. The molecule has 2 heterocycles. The fourth-order valence-corrected chi connectivity index (χ4v) is 5.34. The number of fused-ring (bicyclic) bond motifs is 2. The monoisotopic (exact) mass is 324 g/mol. The fraction of sp³-hybridized carbons (Fsp3) is 0.619. The first-order valence-electron chi connectivity index (χ1n) is 9.83. The Morgan fingerprint density at radius 1 is 1.17 bits per heavy atom. The second-order valence-corrected chi connectivity index (χ2v) is 8.13. The Kier molecular flexibility index (Phi) is 3.41. The van der Waals surface area contributed by atoms with Gasteiger partial charge in [0.25, 0.3) is 0 Å². The van der Waals surface area contributed by atoms with Crippen LogP contribution in [0, 0.1) is 0 Å². The quantitative estimate of drug-likeness (QED) is 0.872. The van der Waals surface area contributed by atoms with Crippen molar-refractivity contribution in [2.45, 2.75) is 75.9 Å². The summed E-state index contributed by atoms with van der Waals surface area (Å²) in [6.45, 7) is 3.38. The predicted octanol–water partition coefficient (Wildman–Crippen LogP) is 4.64. The number of piperazine rings is 1.